The lowest BCUT2D eigenvalue weighted by Crippen LogP contribution is -2.20. The Kier molecular flexibility index (Phi) is 5.71. The van der Waals surface area contributed by atoms with E-state index in [2.05, 4.69) is 21.2 Å². The first-order valence-electron chi connectivity index (χ1n) is 6.07. The topological polar surface area (TPSA) is 55.4 Å². The van der Waals surface area contributed by atoms with E-state index in [1.165, 1.54) is 17.4 Å². The van der Waals surface area contributed by atoms with Crippen LogP contribution >= 0.6 is 27.3 Å². The van der Waals surface area contributed by atoms with Crippen LogP contribution in [0.15, 0.2) is 52.3 Å². The van der Waals surface area contributed by atoms with Crippen LogP contribution in [0.3, 0.4) is 0 Å². The van der Waals surface area contributed by atoms with Gasteiger partial charge in [-0.15, -0.1) is 11.3 Å². The highest BCUT2D eigenvalue weighted by Gasteiger charge is 2.05. The average molecular weight is 366 g/mol. The molecule has 2 aromatic rings. The fourth-order valence-corrected chi connectivity index (χ4v) is 2.33. The first-order chi connectivity index (χ1) is 10.1. The van der Waals surface area contributed by atoms with Crippen molar-refractivity contribution in [2.75, 3.05) is 11.9 Å². The van der Waals surface area contributed by atoms with E-state index in [9.17, 15) is 9.59 Å². The summed E-state index contributed by atoms with van der Waals surface area (Å²) in [6, 6.07) is 10.9. The Morgan fingerprint density at radius 1 is 1.24 bits per heavy atom. The van der Waals surface area contributed by atoms with Gasteiger partial charge in [0.15, 0.2) is 6.61 Å². The number of anilines is 1. The van der Waals surface area contributed by atoms with Gasteiger partial charge in [-0.2, -0.15) is 0 Å². The predicted molar refractivity (Wildman–Crippen MR) is 87.1 cm³/mol. The molecular formula is C15H12BrNO3S. The number of hydrogen-bond acceptors (Lipinski definition) is 4. The van der Waals surface area contributed by atoms with Gasteiger partial charge < -0.3 is 10.1 Å². The molecule has 0 unspecified atom stereocenters. The second kappa shape index (κ2) is 7.75. The zero-order valence-corrected chi connectivity index (χ0v) is 13.3. The van der Waals surface area contributed by atoms with Crippen LogP contribution in [0.2, 0.25) is 0 Å². The molecule has 108 valence electrons. The van der Waals surface area contributed by atoms with Crippen molar-refractivity contribution in [3.63, 3.8) is 0 Å². The summed E-state index contributed by atoms with van der Waals surface area (Å²) in [5.74, 6) is -0.926. The van der Waals surface area contributed by atoms with Gasteiger partial charge >= 0.3 is 5.97 Å². The number of nitrogens with one attached hydrogen (secondary N) is 1. The van der Waals surface area contributed by atoms with Gasteiger partial charge in [-0.05, 0) is 41.8 Å². The van der Waals surface area contributed by atoms with Crippen LogP contribution < -0.4 is 5.32 Å². The van der Waals surface area contributed by atoms with E-state index in [-0.39, 0.29) is 12.5 Å². The van der Waals surface area contributed by atoms with E-state index < -0.39 is 5.97 Å². The van der Waals surface area contributed by atoms with Crippen LogP contribution in [0.4, 0.5) is 5.69 Å². The minimum Gasteiger partial charge on any atom is -0.452 e. The first kappa shape index (κ1) is 15.5. The highest BCUT2D eigenvalue weighted by molar-refractivity contribution is 9.10. The van der Waals surface area contributed by atoms with Gasteiger partial charge in [0.05, 0.1) is 0 Å². The molecule has 1 amide bonds. The van der Waals surface area contributed by atoms with Crippen molar-refractivity contribution >= 4 is 50.9 Å². The Hall–Kier alpha value is -1.92. The maximum Gasteiger partial charge on any atom is 0.331 e. The van der Waals surface area contributed by atoms with Crippen molar-refractivity contribution in [2.24, 2.45) is 0 Å². The van der Waals surface area contributed by atoms with Gasteiger partial charge in [-0.3, -0.25) is 4.79 Å². The zero-order chi connectivity index (χ0) is 15.1. The van der Waals surface area contributed by atoms with Gasteiger partial charge in [0, 0.05) is 21.1 Å². The third kappa shape index (κ3) is 5.53. The molecule has 0 aliphatic heterocycles. The van der Waals surface area contributed by atoms with Gasteiger partial charge in [0.2, 0.25) is 0 Å². The lowest BCUT2D eigenvalue weighted by Gasteiger charge is -2.05. The first-order valence-corrected chi connectivity index (χ1v) is 7.74. The molecule has 0 fully saturated rings. The molecule has 0 saturated carbocycles. The second-order valence-electron chi connectivity index (χ2n) is 4.01. The van der Waals surface area contributed by atoms with Crippen molar-refractivity contribution in [2.45, 2.75) is 0 Å². The SMILES string of the molecule is O=C(COC(=O)C=Cc1cccs1)Nc1ccc(Br)cc1. The lowest BCUT2D eigenvalue weighted by atomic mass is 10.3. The monoisotopic (exact) mass is 365 g/mol. The molecule has 0 spiro atoms. The third-order valence-corrected chi connectivity index (χ3v) is 3.77. The molecule has 2 rings (SSSR count). The van der Waals surface area contributed by atoms with E-state index >= 15 is 0 Å². The molecule has 6 heteroatoms. The molecule has 0 radical (unpaired) electrons. The van der Waals surface area contributed by atoms with E-state index in [4.69, 9.17) is 4.74 Å². The third-order valence-electron chi connectivity index (χ3n) is 2.40. The molecule has 4 nitrogen and oxygen atoms in total. The van der Waals surface area contributed by atoms with Gasteiger partial charge in [-0.1, -0.05) is 22.0 Å². The Bertz CT molecular complexity index is 635. The number of ether oxygens (including phenoxy) is 1. The summed E-state index contributed by atoms with van der Waals surface area (Å²) in [6.45, 7) is -0.316. The number of benzene rings is 1. The van der Waals surface area contributed by atoms with E-state index in [1.807, 2.05) is 29.6 Å². The van der Waals surface area contributed by atoms with Gasteiger partial charge in [-0.25, -0.2) is 4.79 Å². The number of amides is 1. The predicted octanol–water partition coefficient (Wildman–Crippen LogP) is 3.71. The summed E-state index contributed by atoms with van der Waals surface area (Å²) < 4.78 is 5.78. The van der Waals surface area contributed by atoms with Crippen LogP contribution in [-0.4, -0.2) is 18.5 Å². The van der Waals surface area contributed by atoms with Crippen molar-refractivity contribution in [3.8, 4) is 0 Å². The molecule has 0 saturated heterocycles. The minimum atomic E-state index is -0.547. The number of carbonyl (C=O) groups excluding carboxylic acids is 2. The highest BCUT2D eigenvalue weighted by Crippen LogP contribution is 2.14. The standard InChI is InChI=1S/C15H12BrNO3S/c16-11-3-5-12(6-4-11)17-14(18)10-20-15(19)8-7-13-2-1-9-21-13/h1-9H,10H2,(H,17,18). The Balaban J connectivity index is 1.75. The van der Waals surface area contributed by atoms with E-state index in [0.717, 1.165) is 9.35 Å². The number of rotatable bonds is 5. The molecule has 0 aliphatic rings. The van der Waals surface area contributed by atoms with E-state index in [1.54, 1.807) is 18.2 Å². The molecule has 1 aromatic heterocycles. The van der Waals surface area contributed by atoms with Crippen molar-refractivity contribution < 1.29 is 14.3 Å². The van der Waals surface area contributed by atoms with Gasteiger partial charge in [0.25, 0.3) is 5.91 Å². The van der Waals surface area contributed by atoms with Crippen molar-refractivity contribution in [1.82, 2.24) is 0 Å². The maximum atomic E-state index is 11.6. The molecule has 0 atom stereocenters. The highest BCUT2D eigenvalue weighted by atomic mass is 79.9. The van der Waals surface area contributed by atoms with Crippen LogP contribution in [0, 0.1) is 0 Å². The smallest absolute Gasteiger partial charge is 0.331 e. The Labute approximate surface area is 134 Å². The van der Waals surface area contributed by atoms with E-state index in [0.29, 0.717) is 5.69 Å². The average Bonchev–Trinajstić information content (AvgIpc) is 2.99. The van der Waals surface area contributed by atoms with Gasteiger partial charge in [0.1, 0.15) is 0 Å². The normalized spacial score (nSPS) is 10.5. The van der Waals surface area contributed by atoms with Crippen LogP contribution in [0.5, 0.6) is 0 Å². The number of halogens is 1. The number of esters is 1. The molecule has 1 aromatic carbocycles. The molecule has 1 heterocycles. The number of hydrogen-bond donors (Lipinski definition) is 1. The quantitative estimate of drug-likeness (QED) is 0.649. The molecule has 0 aliphatic carbocycles. The number of thiophene rings is 1. The fraction of sp³-hybridized carbons (Fsp3) is 0.0667. The molecule has 0 bridgehead atoms. The summed E-state index contributed by atoms with van der Waals surface area (Å²) in [4.78, 5) is 24.0. The summed E-state index contributed by atoms with van der Waals surface area (Å²) in [5, 5.41) is 4.55. The Morgan fingerprint density at radius 3 is 2.67 bits per heavy atom. The van der Waals surface area contributed by atoms with Crippen LogP contribution in [0.1, 0.15) is 4.88 Å². The van der Waals surface area contributed by atoms with Crippen molar-refractivity contribution in [1.29, 1.82) is 0 Å². The fourth-order valence-electron chi connectivity index (χ4n) is 1.45. The van der Waals surface area contributed by atoms with Crippen LogP contribution in [-0.2, 0) is 14.3 Å². The summed E-state index contributed by atoms with van der Waals surface area (Å²) in [5.41, 5.74) is 0.647. The summed E-state index contributed by atoms with van der Waals surface area (Å²) >= 11 is 4.82. The summed E-state index contributed by atoms with van der Waals surface area (Å²) in [7, 11) is 0. The second-order valence-corrected chi connectivity index (χ2v) is 5.91. The van der Waals surface area contributed by atoms with Crippen molar-refractivity contribution in [3.05, 3.63) is 57.2 Å². The lowest BCUT2D eigenvalue weighted by molar-refractivity contribution is -0.142. The minimum absolute atomic E-state index is 0.316. The molecule has 1 N–H and O–H groups in total. The molecule has 21 heavy (non-hydrogen) atoms. The largest absolute Gasteiger partial charge is 0.452 e. The maximum absolute atomic E-state index is 11.6. The summed E-state index contributed by atoms with van der Waals surface area (Å²) in [6.07, 6.45) is 2.96. The van der Waals surface area contributed by atoms with Crippen LogP contribution in [0.25, 0.3) is 6.08 Å². The Morgan fingerprint density at radius 2 is 2.00 bits per heavy atom. The number of carbonyl (C=O) groups is 2. The molecular weight excluding hydrogens is 354 g/mol. The zero-order valence-electron chi connectivity index (χ0n) is 10.9.